The molecule has 4 rings (SSSR count). The Labute approximate surface area is 130 Å². The molecular formula is C20H19NO. The smallest absolute Gasteiger partial charge is 0.133 e. The molecule has 2 nitrogen and oxygen atoms in total. The zero-order valence-corrected chi connectivity index (χ0v) is 12.4. The first-order valence-electron chi connectivity index (χ1n) is 7.78. The number of furan rings is 1. The summed E-state index contributed by atoms with van der Waals surface area (Å²) >= 11 is 0. The van der Waals surface area contributed by atoms with Gasteiger partial charge in [0, 0.05) is 17.5 Å². The molecule has 22 heavy (non-hydrogen) atoms. The summed E-state index contributed by atoms with van der Waals surface area (Å²) in [7, 11) is 0. The Balaban J connectivity index is 1.78. The third kappa shape index (κ3) is 2.36. The fraction of sp³-hybridized carbons (Fsp3) is 0.200. The van der Waals surface area contributed by atoms with E-state index in [0.29, 0.717) is 5.92 Å². The molecule has 2 N–H and O–H groups in total. The van der Waals surface area contributed by atoms with E-state index in [2.05, 4.69) is 48.5 Å². The van der Waals surface area contributed by atoms with Gasteiger partial charge in [0.25, 0.3) is 0 Å². The van der Waals surface area contributed by atoms with Crippen molar-refractivity contribution >= 4 is 0 Å². The number of benzene rings is 2. The Morgan fingerprint density at radius 2 is 1.86 bits per heavy atom. The molecule has 2 aromatic carbocycles. The normalized spacial score (nSPS) is 20.6. The van der Waals surface area contributed by atoms with Crippen LogP contribution in [-0.4, -0.2) is 6.04 Å². The Bertz CT molecular complexity index is 776. The molecule has 0 amide bonds. The van der Waals surface area contributed by atoms with E-state index in [1.807, 2.05) is 12.1 Å². The van der Waals surface area contributed by atoms with Crippen molar-refractivity contribution in [3.63, 3.8) is 0 Å². The first kappa shape index (κ1) is 13.4. The molecule has 0 unspecified atom stereocenters. The lowest BCUT2D eigenvalue weighted by molar-refractivity contribution is 0.531. The van der Waals surface area contributed by atoms with E-state index in [-0.39, 0.29) is 6.04 Å². The minimum absolute atomic E-state index is 0.229. The maximum atomic E-state index is 6.29. The molecular weight excluding hydrogens is 270 g/mol. The van der Waals surface area contributed by atoms with Crippen LogP contribution >= 0.6 is 0 Å². The average Bonchev–Trinajstić information content (AvgIpc) is 3.09. The third-order valence-electron chi connectivity index (χ3n) is 4.55. The van der Waals surface area contributed by atoms with Crippen molar-refractivity contribution in [1.82, 2.24) is 0 Å². The quantitative estimate of drug-likeness (QED) is 0.761. The Hall–Kier alpha value is -2.32. The summed E-state index contributed by atoms with van der Waals surface area (Å²) in [4.78, 5) is 0. The van der Waals surface area contributed by atoms with Crippen LogP contribution in [0.15, 0.2) is 71.3 Å². The SMILES string of the molecule is N[C@@H]1Cc2ccccc2[C@@H](c2cccc(-c3ccco3)c2)C1. The first-order chi connectivity index (χ1) is 10.8. The monoisotopic (exact) mass is 289 g/mol. The summed E-state index contributed by atoms with van der Waals surface area (Å²) < 4.78 is 5.53. The van der Waals surface area contributed by atoms with Gasteiger partial charge in [-0.25, -0.2) is 0 Å². The zero-order valence-electron chi connectivity index (χ0n) is 12.4. The van der Waals surface area contributed by atoms with Gasteiger partial charge in [0.05, 0.1) is 6.26 Å². The molecule has 2 atom stereocenters. The molecule has 0 spiro atoms. The summed E-state index contributed by atoms with van der Waals surface area (Å²) in [6.45, 7) is 0. The fourth-order valence-corrected chi connectivity index (χ4v) is 3.52. The molecule has 2 heteroatoms. The van der Waals surface area contributed by atoms with Crippen molar-refractivity contribution in [3.8, 4) is 11.3 Å². The highest BCUT2D eigenvalue weighted by molar-refractivity contribution is 5.59. The Kier molecular flexibility index (Phi) is 3.32. The fourth-order valence-electron chi connectivity index (χ4n) is 3.52. The predicted octanol–water partition coefficient (Wildman–Crippen LogP) is 4.35. The minimum atomic E-state index is 0.229. The highest BCUT2D eigenvalue weighted by Crippen LogP contribution is 2.37. The minimum Gasteiger partial charge on any atom is -0.464 e. The van der Waals surface area contributed by atoms with E-state index in [1.54, 1.807) is 6.26 Å². The van der Waals surface area contributed by atoms with Gasteiger partial charge in [-0.1, -0.05) is 42.5 Å². The van der Waals surface area contributed by atoms with Crippen LogP contribution in [0.1, 0.15) is 29.0 Å². The molecule has 1 aliphatic carbocycles. The summed E-state index contributed by atoms with van der Waals surface area (Å²) in [6.07, 6.45) is 3.69. The van der Waals surface area contributed by atoms with Gasteiger partial charge in [0.15, 0.2) is 0 Å². The van der Waals surface area contributed by atoms with Crippen LogP contribution in [0.5, 0.6) is 0 Å². The molecule has 0 radical (unpaired) electrons. The number of nitrogens with two attached hydrogens (primary N) is 1. The lowest BCUT2D eigenvalue weighted by Gasteiger charge is -2.30. The van der Waals surface area contributed by atoms with Crippen LogP contribution in [0.2, 0.25) is 0 Å². The van der Waals surface area contributed by atoms with E-state index in [1.165, 1.54) is 16.7 Å². The largest absolute Gasteiger partial charge is 0.464 e. The maximum absolute atomic E-state index is 6.29. The molecule has 1 aliphatic rings. The molecule has 0 fully saturated rings. The molecule has 0 saturated heterocycles. The highest BCUT2D eigenvalue weighted by atomic mass is 16.3. The lowest BCUT2D eigenvalue weighted by atomic mass is 9.77. The summed E-state index contributed by atoms with van der Waals surface area (Å²) in [5, 5.41) is 0. The van der Waals surface area contributed by atoms with Crippen LogP contribution < -0.4 is 5.73 Å². The Morgan fingerprint density at radius 1 is 0.955 bits per heavy atom. The standard InChI is InChI=1S/C20H19NO/c21-17-12-15-5-1-2-8-18(15)19(13-17)14-6-3-7-16(11-14)20-9-4-10-22-20/h1-11,17,19H,12-13,21H2/t17-,19-/m1/s1. The van der Waals surface area contributed by atoms with Gasteiger partial charge >= 0.3 is 0 Å². The van der Waals surface area contributed by atoms with Crippen LogP contribution in [0, 0.1) is 0 Å². The zero-order chi connectivity index (χ0) is 14.9. The van der Waals surface area contributed by atoms with Gasteiger partial charge in [0.1, 0.15) is 5.76 Å². The maximum Gasteiger partial charge on any atom is 0.133 e. The highest BCUT2D eigenvalue weighted by Gasteiger charge is 2.26. The molecule has 1 aromatic heterocycles. The van der Waals surface area contributed by atoms with Gasteiger partial charge < -0.3 is 10.2 Å². The molecule has 0 saturated carbocycles. The van der Waals surface area contributed by atoms with Crippen molar-refractivity contribution in [2.24, 2.45) is 5.73 Å². The van der Waals surface area contributed by atoms with Crippen molar-refractivity contribution in [3.05, 3.63) is 83.6 Å². The van der Waals surface area contributed by atoms with E-state index in [9.17, 15) is 0 Å². The topological polar surface area (TPSA) is 39.2 Å². The summed E-state index contributed by atoms with van der Waals surface area (Å²) in [5.41, 5.74) is 11.5. The van der Waals surface area contributed by atoms with Crippen LogP contribution in [-0.2, 0) is 6.42 Å². The number of hydrogen-bond donors (Lipinski definition) is 1. The summed E-state index contributed by atoms with van der Waals surface area (Å²) in [5.74, 6) is 1.28. The summed E-state index contributed by atoms with van der Waals surface area (Å²) in [6, 6.07) is 21.5. The van der Waals surface area contributed by atoms with Gasteiger partial charge in [-0.2, -0.15) is 0 Å². The molecule has 0 bridgehead atoms. The van der Waals surface area contributed by atoms with Gasteiger partial charge in [-0.15, -0.1) is 0 Å². The molecule has 110 valence electrons. The number of fused-ring (bicyclic) bond motifs is 1. The Morgan fingerprint density at radius 3 is 2.73 bits per heavy atom. The number of hydrogen-bond acceptors (Lipinski definition) is 2. The van der Waals surface area contributed by atoms with Crippen LogP contribution in [0.25, 0.3) is 11.3 Å². The van der Waals surface area contributed by atoms with E-state index >= 15 is 0 Å². The van der Waals surface area contributed by atoms with Crippen molar-refractivity contribution in [2.75, 3.05) is 0 Å². The molecule has 1 heterocycles. The second-order valence-corrected chi connectivity index (χ2v) is 6.05. The lowest BCUT2D eigenvalue weighted by Crippen LogP contribution is -2.30. The van der Waals surface area contributed by atoms with Gasteiger partial charge in [-0.05, 0) is 47.7 Å². The van der Waals surface area contributed by atoms with Crippen LogP contribution in [0.3, 0.4) is 0 Å². The second kappa shape index (κ2) is 5.47. The molecule has 3 aromatic rings. The van der Waals surface area contributed by atoms with E-state index in [4.69, 9.17) is 10.2 Å². The van der Waals surface area contributed by atoms with Crippen molar-refractivity contribution in [1.29, 1.82) is 0 Å². The van der Waals surface area contributed by atoms with Crippen LogP contribution in [0.4, 0.5) is 0 Å². The number of rotatable bonds is 2. The van der Waals surface area contributed by atoms with Crippen molar-refractivity contribution < 1.29 is 4.42 Å². The molecule has 0 aliphatic heterocycles. The van der Waals surface area contributed by atoms with Crippen molar-refractivity contribution in [2.45, 2.75) is 24.8 Å². The van der Waals surface area contributed by atoms with Gasteiger partial charge in [-0.3, -0.25) is 0 Å². The van der Waals surface area contributed by atoms with Gasteiger partial charge in [0.2, 0.25) is 0 Å². The average molecular weight is 289 g/mol. The van der Waals surface area contributed by atoms with E-state index < -0.39 is 0 Å². The second-order valence-electron chi connectivity index (χ2n) is 6.05. The van der Waals surface area contributed by atoms with E-state index in [0.717, 1.165) is 24.2 Å². The third-order valence-corrected chi connectivity index (χ3v) is 4.55. The predicted molar refractivity (Wildman–Crippen MR) is 88.7 cm³/mol. The first-order valence-corrected chi connectivity index (χ1v) is 7.78.